The molecule has 0 radical (unpaired) electrons. The van der Waals surface area contributed by atoms with Crippen LogP contribution in [0.25, 0.3) is 0 Å². The van der Waals surface area contributed by atoms with Crippen LogP contribution in [-0.4, -0.2) is 16.3 Å². The molecular formula is C14H27N3. The van der Waals surface area contributed by atoms with E-state index in [9.17, 15) is 0 Å². The molecule has 1 rings (SSSR count). The number of nitrogens with one attached hydrogen (secondary N) is 1. The van der Waals surface area contributed by atoms with Crippen molar-refractivity contribution in [3.05, 3.63) is 17.5 Å². The monoisotopic (exact) mass is 237 g/mol. The van der Waals surface area contributed by atoms with Gasteiger partial charge in [0, 0.05) is 24.8 Å². The van der Waals surface area contributed by atoms with Crippen molar-refractivity contribution >= 4 is 0 Å². The topological polar surface area (TPSA) is 29.9 Å². The summed E-state index contributed by atoms with van der Waals surface area (Å²) in [7, 11) is 2.00. The molecule has 0 saturated carbocycles. The second kappa shape index (κ2) is 6.80. The maximum atomic E-state index is 4.44. The Morgan fingerprint density at radius 3 is 2.59 bits per heavy atom. The average molecular weight is 237 g/mol. The fourth-order valence-electron chi connectivity index (χ4n) is 2.54. The van der Waals surface area contributed by atoms with E-state index in [2.05, 4.69) is 44.3 Å². The van der Waals surface area contributed by atoms with E-state index in [4.69, 9.17) is 0 Å². The van der Waals surface area contributed by atoms with Gasteiger partial charge < -0.3 is 5.32 Å². The highest BCUT2D eigenvalue weighted by Gasteiger charge is 2.17. The molecule has 1 N–H and O–H groups in total. The Morgan fingerprint density at radius 1 is 1.41 bits per heavy atom. The third kappa shape index (κ3) is 4.15. The summed E-state index contributed by atoms with van der Waals surface area (Å²) in [6.07, 6.45) is 5.93. The minimum absolute atomic E-state index is 0.454. The molecule has 0 amide bonds. The van der Waals surface area contributed by atoms with Crippen molar-refractivity contribution in [1.82, 2.24) is 15.1 Å². The van der Waals surface area contributed by atoms with E-state index in [0.717, 1.165) is 18.2 Å². The molecule has 0 aliphatic heterocycles. The van der Waals surface area contributed by atoms with Crippen LogP contribution >= 0.6 is 0 Å². The van der Waals surface area contributed by atoms with Crippen molar-refractivity contribution in [3.8, 4) is 0 Å². The summed E-state index contributed by atoms with van der Waals surface area (Å²) < 4.78 is 1.92. The van der Waals surface area contributed by atoms with Crippen LogP contribution < -0.4 is 5.32 Å². The van der Waals surface area contributed by atoms with E-state index in [1.165, 1.54) is 24.8 Å². The molecule has 0 aromatic carbocycles. The van der Waals surface area contributed by atoms with E-state index >= 15 is 0 Å². The Labute approximate surface area is 106 Å². The Balaban J connectivity index is 2.74. The predicted octanol–water partition coefficient (Wildman–Crippen LogP) is 3.21. The van der Waals surface area contributed by atoms with E-state index in [-0.39, 0.29) is 0 Å². The van der Waals surface area contributed by atoms with E-state index in [1.807, 2.05) is 11.7 Å². The molecule has 0 aliphatic rings. The zero-order chi connectivity index (χ0) is 12.8. The fourth-order valence-corrected chi connectivity index (χ4v) is 2.54. The average Bonchev–Trinajstić information content (AvgIpc) is 2.57. The Hall–Kier alpha value is -0.830. The molecule has 1 heterocycles. The van der Waals surface area contributed by atoms with Gasteiger partial charge in [-0.1, -0.05) is 33.6 Å². The predicted molar refractivity (Wildman–Crippen MR) is 73.1 cm³/mol. The van der Waals surface area contributed by atoms with E-state index in [0.29, 0.717) is 6.04 Å². The quantitative estimate of drug-likeness (QED) is 0.789. The lowest BCUT2D eigenvalue weighted by molar-refractivity contribution is 0.394. The van der Waals surface area contributed by atoms with E-state index < -0.39 is 0 Å². The molecule has 98 valence electrons. The summed E-state index contributed by atoms with van der Waals surface area (Å²) in [5.74, 6) is 0.767. The maximum absolute atomic E-state index is 4.44. The van der Waals surface area contributed by atoms with Crippen LogP contribution in [0.1, 0.15) is 57.3 Å². The molecular weight excluding hydrogens is 210 g/mol. The molecule has 0 spiro atoms. The van der Waals surface area contributed by atoms with Crippen LogP contribution in [-0.2, 0) is 7.05 Å². The van der Waals surface area contributed by atoms with Gasteiger partial charge in [-0.15, -0.1) is 0 Å². The first-order valence-corrected chi connectivity index (χ1v) is 6.81. The van der Waals surface area contributed by atoms with Gasteiger partial charge in [0.1, 0.15) is 0 Å². The fraction of sp³-hybridized carbons (Fsp3) is 0.786. The lowest BCUT2D eigenvalue weighted by Gasteiger charge is -2.21. The van der Waals surface area contributed by atoms with Crippen LogP contribution in [0.2, 0.25) is 0 Å². The molecule has 1 aromatic heterocycles. The Morgan fingerprint density at radius 2 is 2.12 bits per heavy atom. The third-order valence-electron chi connectivity index (χ3n) is 3.30. The van der Waals surface area contributed by atoms with Gasteiger partial charge in [0.15, 0.2) is 0 Å². The minimum Gasteiger partial charge on any atom is -0.310 e. The van der Waals surface area contributed by atoms with Crippen molar-refractivity contribution in [2.75, 3.05) is 6.54 Å². The highest BCUT2D eigenvalue weighted by Crippen LogP contribution is 2.25. The zero-order valence-corrected chi connectivity index (χ0v) is 12.0. The summed E-state index contributed by atoms with van der Waals surface area (Å²) in [4.78, 5) is 0. The molecule has 1 aromatic rings. The van der Waals surface area contributed by atoms with Crippen molar-refractivity contribution in [2.24, 2.45) is 13.0 Å². The van der Waals surface area contributed by atoms with Crippen LogP contribution in [0.5, 0.6) is 0 Å². The lowest BCUT2D eigenvalue weighted by Crippen LogP contribution is -2.23. The molecule has 0 fully saturated rings. The van der Waals surface area contributed by atoms with Gasteiger partial charge in [-0.2, -0.15) is 5.10 Å². The number of hydrogen-bond donors (Lipinski definition) is 1. The van der Waals surface area contributed by atoms with Crippen LogP contribution in [0.15, 0.2) is 6.20 Å². The van der Waals surface area contributed by atoms with Crippen molar-refractivity contribution < 1.29 is 0 Å². The first-order chi connectivity index (χ1) is 8.08. The summed E-state index contributed by atoms with van der Waals surface area (Å²) in [5, 5.41) is 8.03. The van der Waals surface area contributed by atoms with E-state index in [1.54, 1.807) is 0 Å². The SMILES string of the molecule is CCCC(C)CC(NCC)c1cn(C)nc1C. The molecule has 3 nitrogen and oxygen atoms in total. The Bertz CT molecular complexity index is 330. The molecule has 3 heteroatoms. The van der Waals surface area contributed by atoms with Crippen molar-refractivity contribution in [2.45, 2.75) is 53.0 Å². The number of hydrogen-bond acceptors (Lipinski definition) is 2. The smallest absolute Gasteiger partial charge is 0.0641 e. The normalized spacial score (nSPS) is 14.9. The Kier molecular flexibility index (Phi) is 5.69. The standard InChI is InChI=1S/C14H27N3/c1-6-8-11(3)9-14(15-7-2)13-10-17(5)16-12(13)4/h10-11,14-15H,6-9H2,1-5H3. The number of aromatic nitrogens is 2. The number of nitrogens with zero attached hydrogens (tertiary/aromatic N) is 2. The van der Waals surface area contributed by atoms with Crippen molar-refractivity contribution in [3.63, 3.8) is 0 Å². The molecule has 2 unspecified atom stereocenters. The minimum atomic E-state index is 0.454. The van der Waals surface area contributed by atoms with Gasteiger partial charge in [0.05, 0.1) is 5.69 Å². The van der Waals surface area contributed by atoms with Gasteiger partial charge in [0.25, 0.3) is 0 Å². The first-order valence-electron chi connectivity index (χ1n) is 6.81. The number of aryl methyl sites for hydroxylation is 2. The zero-order valence-electron chi connectivity index (χ0n) is 12.0. The molecule has 0 saturated heterocycles. The molecule has 0 aliphatic carbocycles. The van der Waals surface area contributed by atoms with Gasteiger partial charge in [0.2, 0.25) is 0 Å². The summed E-state index contributed by atoms with van der Waals surface area (Å²) in [5.41, 5.74) is 2.51. The molecule has 2 atom stereocenters. The highest BCUT2D eigenvalue weighted by atomic mass is 15.3. The summed E-state index contributed by atoms with van der Waals surface area (Å²) >= 11 is 0. The highest BCUT2D eigenvalue weighted by molar-refractivity contribution is 5.20. The van der Waals surface area contributed by atoms with Gasteiger partial charge in [-0.25, -0.2) is 0 Å². The lowest BCUT2D eigenvalue weighted by atomic mass is 9.93. The molecule has 17 heavy (non-hydrogen) atoms. The van der Waals surface area contributed by atoms with Crippen LogP contribution in [0.3, 0.4) is 0 Å². The van der Waals surface area contributed by atoms with Gasteiger partial charge >= 0.3 is 0 Å². The second-order valence-electron chi connectivity index (χ2n) is 5.08. The third-order valence-corrected chi connectivity index (χ3v) is 3.30. The maximum Gasteiger partial charge on any atom is 0.0641 e. The van der Waals surface area contributed by atoms with Crippen molar-refractivity contribution in [1.29, 1.82) is 0 Å². The number of rotatable bonds is 7. The largest absolute Gasteiger partial charge is 0.310 e. The van der Waals surface area contributed by atoms with Gasteiger partial charge in [-0.3, -0.25) is 4.68 Å². The second-order valence-corrected chi connectivity index (χ2v) is 5.08. The summed E-state index contributed by atoms with van der Waals surface area (Å²) in [6, 6.07) is 0.454. The van der Waals surface area contributed by atoms with Crippen LogP contribution in [0.4, 0.5) is 0 Å². The van der Waals surface area contributed by atoms with Crippen LogP contribution in [0, 0.1) is 12.8 Å². The summed E-state index contributed by atoms with van der Waals surface area (Å²) in [6.45, 7) is 9.89. The first kappa shape index (κ1) is 14.2. The van der Waals surface area contributed by atoms with Gasteiger partial charge in [-0.05, 0) is 25.8 Å². The molecule has 0 bridgehead atoms.